The summed E-state index contributed by atoms with van der Waals surface area (Å²) in [5.41, 5.74) is 4.52. The zero-order valence-corrected chi connectivity index (χ0v) is 13.9. The van der Waals surface area contributed by atoms with Crippen molar-refractivity contribution in [2.75, 3.05) is 0 Å². The topological polar surface area (TPSA) is 50.1 Å². The lowest BCUT2D eigenvalue weighted by atomic mass is 9.96. The van der Waals surface area contributed by atoms with Gasteiger partial charge < -0.3 is 4.74 Å². The molecule has 122 valence electrons. The molecule has 0 saturated heterocycles. The Bertz CT molecular complexity index is 937. The second-order valence-corrected chi connectivity index (χ2v) is 5.76. The first-order chi connectivity index (χ1) is 12.2. The number of ether oxygens (including phenoxy) is 1. The highest BCUT2D eigenvalue weighted by atomic mass is 16.5. The Morgan fingerprint density at radius 1 is 0.920 bits per heavy atom. The van der Waals surface area contributed by atoms with Crippen LogP contribution in [0.3, 0.4) is 0 Å². The molecule has 3 aromatic carbocycles. The van der Waals surface area contributed by atoms with Crippen LogP contribution in [-0.4, -0.2) is 5.97 Å². The average Bonchev–Trinajstić information content (AvgIpc) is 2.67. The summed E-state index contributed by atoms with van der Waals surface area (Å²) in [6.45, 7) is 2.23. The lowest BCUT2D eigenvalue weighted by Crippen LogP contribution is -2.07. The standard InChI is InChI=1S/C22H17NO2/c1-16-10-12-17(13-11-16)15-25-22(24)21-9-5-4-8-20(21)19-7-3-2-6-18(19)14-23/h2-13H,15H2,1H3. The first-order valence-electron chi connectivity index (χ1n) is 8.00. The van der Waals surface area contributed by atoms with Crippen molar-refractivity contribution in [2.45, 2.75) is 13.5 Å². The largest absolute Gasteiger partial charge is 0.457 e. The summed E-state index contributed by atoms with van der Waals surface area (Å²) in [6, 6.07) is 24.5. The van der Waals surface area contributed by atoms with Gasteiger partial charge in [0.2, 0.25) is 0 Å². The summed E-state index contributed by atoms with van der Waals surface area (Å²) >= 11 is 0. The predicted octanol–water partition coefficient (Wildman–Crippen LogP) is 4.89. The SMILES string of the molecule is Cc1ccc(COC(=O)c2ccccc2-c2ccccc2C#N)cc1. The third-order valence-corrected chi connectivity index (χ3v) is 3.98. The van der Waals surface area contributed by atoms with E-state index in [2.05, 4.69) is 6.07 Å². The van der Waals surface area contributed by atoms with E-state index in [0.29, 0.717) is 16.7 Å². The molecule has 0 heterocycles. The summed E-state index contributed by atoms with van der Waals surface area (Å²) in [5, 5.41) is 9.32. The maximum Gasteiger partial charge on any atom is 0.339 e. The molecular weight excluding hydrogens is 310 g/mol. The van der Waals surface area contributed by atoms with E-state index >= 15 is 0 Å². The molecule has 0 spiro atoms. The van der Waals surface area contributed by atoms with Gasteiger partial charge >= 0.3 is 5.97 Å². The monoisotopic (exact) mass is 327 g/mol. The number of aryl methyl sites for hydroxylation is 1. The van der Waals surface area contributed by atoms with Crippen LogP contribution >= 0.6 is 0 Å². The van der Waals surface area contributed by atoms with Gasteiger partial charge in [-0.2, -0.15) is 5.26 Å². The van der Waals surface area contributed by atoms with Gasteiger partial charge in [0.15, 0.2) is 0 Å². The van der Waals surface area contributed by atoms with Gasteiger partial charge in [0.25, 0.3) is 0 Å². The van der Waals surface area contributed by atoms with Gasteiger partial charge in [0.05, 0.1) is 17.2 Å². The Morgan fingerprint density at radius 2 is 1.56 bits per heavy atom. The molecule has 0 atom stereocenters. The quantitative estimate of drug-likeness (QED) is 0.641. The van der Waals surface area contributed by atoms with Gasteiger partial charge in [-0.1, -0.05) is 66.2 Å². The number of benzene rings is 3. The minimum atomic E-state index is -0.399. The van der Waals surface area contributed by atoms with Crippen LogP contribution in [0.15, 0.2) is 72.8 Å². The summed E-state index contributed by atoms with van der Waals surface area (Å²) in [5.74, 6) is -0.399. The number of nitriles is 1. The molecule has 0 aliphatic rings. The molecule has 0 saturated carbocycles. The number of hydrogen-bond acceptors (Lipinski definition) is 3. The summed E-state index contributed by atoms with van der Waals surface area (Å²) in [7, 11) is 0. The molecule has 0 aromatic heterocycles. The molecule has 0 amide bonds. The number of carbonyl (C=O) groups is 1. The fourth-order valence-corrected chi connectivity index (χ4v) is 2.62. The van der Waals surface area contributed by atoms with Crippen LogP contribution in [0, 0.1) is 18.3 Å². The van der Waals surface area contributed by atoms with Crippen LogP contribution in [-0.2, 0) is 11.3 Å². The van der Waals surface area contributed by atoms with Gasteiger partial charge in [-0.15, -0.1) is 0 Å². The van der Waals surface area contributed by atoms with E-state index in [1.165, 1.54) is 0 Å². The van der Waals surface area contributed by atoms with E-state index in [9.17, 15) is 10.1 Å². The van der Waals surface area contributed by atoms with E-state index in [1.54, 1.807) is 24.3 Å². The Hall–Kier alpha value is -3.38. The second kappa shape index (κ2) is 7.46. The molecule has 0 N–H and O–H groups in total. The summed E-state index contributed by atoms with van der Waals surface area (Å²) in [4.78, 5) is 12.6. The van der Waals surface area contributed by atoms with E-state index in [1.807, 2.05) is 55.5 Å². The number of carbonyl (C=O) groups excluding carboxylic acids is 1. The van der Waals surface area contributed by atoms with Gasteiger partial charge in [-0.3, -0.25) is 0 Å². The maximum absolute atomic E-state index is 12.6. The third kappa shape index (κ3) is 3.76. The Balaban J connectivity index is 1.86. The fraction of sp³-hybridized carbons (Fsp3) is 0.0909. The molecule has 25 heavy (non-hydrogen) atoms. The van der Waals surface area contributed by atoms with Crippen LogP contribution in [0.5, 0.6) is 0 Å². The van der Waals surface area contributed by atoms with Crippen LogP contribution in [0.2, 0.25) is 0 Å². The molecule has 3 rings (SSSR count). The molecular formula is C22H17NO2. The van der Waals surface area contributed by atoms with Crippen molar-refractivity contribution in [1.29, 1.82) is 5.26 Å². The van der Waals surface area contributed by atoms with Crippen molar-refractivity contribution >= 4 is 5.97 Å². The first kappa shape index (κ1) is 16.5. The third-order valence-electron chi connectivity index (χ3n) is 3.98. The number of nitrogens with zero attached hydrogens (tertiary/aromatic N) is 1. The molecule has 0 fully saturated rings. The van der Waals surface area contributed by atoms with Crippen LogP contribution < -0.4 is 0 Å². The maximum atomic E-state index is 12.6. The molecule has 3 heteroatoms. The zero-order valence-electron chi connectivity index (χ0n) is 13.9. The highest BCUT2D eigenvalue weighted by molar-refractivity contribution is 5.98. The van der Waals surface area contributed by atoms with Crippen LogP contribution in [0.25, 0.3) is 11.1 Å². The van der Waals surface area contributed by atoms with Crippen molar-refractivity contribution < 1.29 is 9.53 Å². The van der Waals surface area contributed by atoms with Gasteiger partial charge in [-0.05, 0) is 30.2 Å². The van der Waals surface area contributed by atoms with Crippen molar-refractivity contribution in [2.24, 2.45) is 0 Å². The lowest BCUT2D eigenvalue weighted by Gasteiger charge is -2.11. The smallest absolute Gasteiger partial charge is 0.339 e. The molecule has 0 aliphatic heterocycles. The van der Waals surface area contributed by atoms with Crippen molar-refractivity contribution in [3.8, 4) is 17.2 Å². The molecule has 0 aliphatic carbocycles. The van der Waals surface area contributed by atoms with Gasteiger partial charge in [-0.25, -0.2) is 4.79 Å². The molecule has 0 bridgehead atoms. The number of esters is 1. The Morgan fingerprint density at radius 3 is 2.28 bits per heavy atom. The highest BCUT2D eigenvalue weighted by Gasteiger charge is 2.15. The van der Waals surface area contributed by atoms with Crippen molar-refractivity contribution in [3.63, 3.8) is 0 Å². The number of hydrogen-bond donors (Lipinski definition) is 0. The molecule has 0 unspecified atom stereocenters. The van der Waals surface area contributed by atoms with E-state index in [0.717, 1.165) is 16.7 Å². The van der Waals surface area contributed by atoms with Crippen molar-refractivity contribution in [1.82, 2.24) is 0 Å². The zero-order chi connectivity index (χ0) is 17.6. The molecule has 0 radical (unpaired) electrons. The Kier molecular flexibility index (Phi) is 4.92. The van der Waals surface area contributed by atoms with E-state index in [4.69, 9.17) is 4.74 Å². The van der Waals surface area contributed by atoms with E-state index < -0.39 is 5.97 Å². The highest BCUT2D eigenvalue weighted by Crippen LogP contribution is 2.27. The van der Waals surface area contributed by atoms with Gasteiger partial charge in [0.1, 0.15) is 6.61 Å². The molecule has 3 aromatic rings. The average molecular weight is 327 g/mol. The lowest BCUT2D eigenvalue weighted by molar-refractivity contribution is 0.0473. The normalized spacial score (nSPS) is 10.1. The predicted molar refractivity (Wildman–Crippen MR) is 96.9 cm³/mol. The minimum absolute atomic E-state index is 0.216. The van der Waals surface area contributed by atoms with Crippen LogP contribution in [0.1, 0.15) is 27.0 Å². The minimum Gasteiger partial charge on any atom is -0.457 e. The second-order valence-electron chi connectivity index (χ2n) is 5.76. The van der Waals surface area contributed by atoms with Crippen LogP contribution in [0.4, 0.5) is 0 Å². The van der Waals surface area contributed by atoms with Crippen molar-refractivity contribution in [3.05, 3.63) is 95.1 Å². The fourth-order valence-electron chi connectivity index (χ4n) is 2.62. The first-order valence-corrected chi connectivity index (χ1v) is 8.00. The summed E-state index contributed by atoms with van der Waals surface area (Å²) in [6.07, 6.45) is 0. The molecule has 3 nitrogen and oxygen atoms in total. The van der Waals surface area contributed by atoms with Gasteiger partial charge in [0, 0.05) is 5.56 Å². The van der Waals surface area contributed by atoms with E-state index in [-0.39, 0.29) is 6.61 Å². The summed E-state index contributed by atoms with van der Waals surface area (Å²) < 4.78 is 5.47. The Labute approximate surface area is 147 Å². The number of rotatable bonds is 4.